The van der Waals surface area contributed by atoms with Gasteiger partial charge in [0.15, 0.2) is 0 Å². The summed E-state index contributed by atoms with van der Waals surface area (Å²) >= 11 is 5.63. The van der Waals surface area contributed by atoms with Crippen LogP contribution in [0.2, 0.25) is 0 Å². The zero-order valence-corrected chi connectivity index (χ0v) is 11.7. The molecule has 1 aromatic rings. The number of sulfonamides is 1. The molecular weight excluding hydrogens is 296 g/mol. The summed E-state index contributed by atoms with van der Waals surface area (Å²) in [6.07, 6.45) is 1.45. The molecule has 2 rings (SSSR count). The largest absolute Gasteiger partial charge is 0.245 e. The Kier molecular flexibility index (Phi) is 4.43. The van der Waals surface area contributed by atoms with E-state index in [1.807, 2.05) is 0 Å². The maximum atomic E-state index is 13.6. The SMILES string of the molecule is O=S(=O)(c1ccc(F)cc1F)N1CCC(CCCl)C1. The second-order valence-corrected chi connectivity index (χ2v) is 6.85. The van der Waals surface area contributed by atoms with Crippen LogP contribution in [0.15, 0.2) is 23.1 Å². The molecule has 1 atom stereocenters. The van der Waals surface area contributed by atoms with Gasteiger partial charge in [-0.3, -0.25) is 0 Å². The second-order valence-electron chi connectivity index (χ2n) is 4.57. The van der Waals surface area contributed by atoms with Crippen molar-refractivity contribution >= 4 is 21.6 Å². The lowest BCUT2D eigenvalue weighted by Gasteiger charge is -2.16. The highest BCUT2D eigenvalue weighted by Crippen LogP contribution is 2.27. The molecule has 1 fully saturated rings. The summed E-state index contributed by atoms with van der Waals surface area (Å²) in [4.78, 5) is -0.472. The van der Waals surface area contributed by atoms with E-state index in [1.165, 1.54) is 4.31 Å². The Morgan fingerprint density at radius 3 is 2.74 bits per heavy atom. The van der Waals surface area contributed by atoms with Crippen LogP contribution in [-0.4, -0.2) is 31.7 Å². The van der Waals surface area contributed by atoms with Crippen molar-refractivity contribution in [2.45, 2.75) is 17.7 Å². The van der Waals surface area contributed by atoms with Crippen molar-refractivity contribution in [3.63, 3.8) is 0 Å². The van der Waals surface area contributed by atoms with E-state index in [0.29, 0.717) is 25.0 Å². The number of nitrogens with zero attached hydrogens (tertiary/aromatic N) is 1. The molecule has 1 saturated heterocycles. The summed E-state index contributed by atoms with van der Waals surface area (Å²) < 4.78 is 52.1. The van der Waals surface area contributed by atoms with E-state index in [2.05, 4.69) is 0 Å². The third-order valence-corrected chi connectivity index (χ3v) is 5.39. The van der Waals surface area contributed by atoms with Crippen molar-refractivity contribution in [1.29, 1.82) is 0 Å². The second kappa shape index (κ2) is 5.73. The molecule has 1 unspecified atom stereocenters. The van der Waals surface area contributed by atoms with Gasteiger partial charge < -0.3 is 0 Å². The molecule has 0 aliphatic carbocycles. The maximum Gasteiger partial charge on any atom is 0.245 e. The average Bonchev–Trinajstić information content (AvgIpc) is 2.78. The first-order chi connectivity index (χ1) is 8.95. The van der Waals surface area contributed by atoms with Crippen LogP contribution in [0, 0.1) is 17.6 Å². The number of alkyl halides is 1. The minimum Gasteiger partial charge on any atom is -0.207 e. The molecule has 0 saturated carbocycles. The maximum absolute atomic E-state index is 13.6. The fourth-order valence-corrected chi connectivity index (χ4v) is 4.11. The Morgan fingerprint density at radius 2 is 2.11 bits per heavy atom. The normalized spacial score (nSPS) is 20.9. The molecule has 0 amide bonds. The molecule has 0 bridgehead atoms. The third kappa shape index (κ3) is 3.07. The minimum atomic E-state index is -3.89. The fraction of sp³-hybridized carbons (Fsp3) is 0.500. The molecule has 1 aromatic carbocycles. The van der Waals surface area contributed by atoms with Gasteiger partial charge in [0.25, 0.3) is 0 Å². The summed E-state index contributed by atoms with van der Waals surface area (Å²) in [5, 5.41) is 0. The molecule has 7 heteroatoms. The molecule has 19 heavy (non-hydrogen) atoms. The van der Waals surface area contributed by atoms with Gasteiger partial charge >= 0.3 is 0 Å². The van der Waals surface area contributed by atoms with E-state index < -0.39 is 26.6 Å². The first kappa shape index (κ1) is 14.7. The summed E-state index contributed by atoms with van der Waals surface area (Å²) in [6, 6.07) is 2.50. The van der Waals surface area contributed by atoms with Gasteiger partial charge in [0.2, 0.25) is 10.0 Å². The van der Waals surface area contributed by atoms with Crippen molar-refractivity contribution < 1.29 is 17.2 Å². The van der Waals surface area contributed by atoms with Crippen LogP contribution in [0.4, 0.5) is 8.78 Å². The van der Waals surface area contributed by atoms with Crippen molar-refractivity contribution in [2.24, 2.45) is 5.92 Å². The van der Waals surface area contributed by atoms with Crippen LogP contribution in [0.3, 0.4) is 0 Å². The zero-order valence-electron chi connectivity index (χ0n) is 10.2. The monoisotopic (exact) mass is 309 g/mol. The Bertz CT molecular complexity index is 565. The predicted molar refractivity (Wildman–Crippen MR) is 68.6 cm³/mol. The Hall–Kier alpha value is -0.720. The molecule has 0 radical (unpaired) electrons. The summed E-state index contributed by atoms with van der Waals surface area (Å²) in [5.74, 6) is -1.17. The highest BCUT2D eigenvalue weighted by molar-refractivity contribution is 7.89. The van der Waals surface area contributed by atoms with Gasteiger partial charge in [-0.1, -0.05) is 0 Å². The minimum absolute atomic E-state index is 0.204. The summed E-state index contributed by atoms with van der Waals surface area (Å²) in [5.41, 5.74) is 0. The molecule has 1 heterocycles. The van der Waals surface area contributed by atoms with E-state index in [9.17, 15) is 17.2 Å². The van der Waals surface area contributed by atoms with E-state index in [-0.39, 0.29) is 5.92 Å². The van der Waals surface area contributed by atoms with Crippen LogP contribution < -0.4 is 0 Å². The molecule has 1 aliphatic rings. The van der Waals surface area contributed by atoms with E-state index in [4.69, 9.17) is 11.6 Å². The lowest BCUT2D eigenvalue weighted by atomic mass is 10.1. The molecular formula is C12H14ClF2NO2S. The number of halogens is 3. The van der Waals surface area contributed by atoms with Gasteiger partial charge in [0, 0.05) is 25.0 Å². The number of hydrogen-bond donors (Lipinski definition) is 0. The Labute approximate surface area is 116 Å². The van der Waals surface area contributed by atoms with E-state index in [1.54, 1.807) is 0 Å². The number of rotatable bonds is 4. The van der Waals surface area contributed by atoms with Gasteiger partial charge in [-0.25, -0.2) is 17.2 Å². The number of hydrogen-bond acceptors (Lipinski definition) is 2. The molecule has 0 N–H and O–H groups in total. The smallest absolute Gasteiger partial charge is 0.207 e. The predicted octanol–water partition coefficient (Wildman–Crippen LogP) is 2.60. The van der Waals surface area contributed by atoms with E-state index >= 15 is 0 Å². The van der Waals surface area contributed by atoms with Gasteiger partial charge in [-0.05, 0) is 30.9 Å². The lowest BCUT2D eigenvalue weighted by Crippen LogP contribution is -2.29. The highest BCUT2D eigenvalue weighted by Gasteiger charge is 2.33. The average molecular weight is 310 g/mol. The molecule has 106 valence electrons. The quantitative estimate of drug-likeness (QED) is 0.802. The van der Waals surface area contributed by atoms with Crippen molar-refractivity contribution in [2.75, 3.05) is 19.0 Å². The van der Waals surface area contributed by atoms with Crippen molar-refractivity contribution in [3.8, 4) is 0 Å². The molecule has 1 aliphatic heterocycles. The van der Waals surface area contributed by atoms with Crippen LogP contribution in [0.25, 0.3) is 0 Å². The van der Waals surface area contributed by atoms with Crippen LogP contribution in [-0.2, 0) is 10.0 Å². The van der Waals surface area contributed by atoms with Crippen LogP contribution in [0.5, 0.6) is 0 Å². The van der Waals surface area contributed by atoms with Gasteiger partial charge in [-0.2, -0.15) is 4.31 Å². The van der Waals surface area contributed by atoms with Crippen molar-refractivity contribution in [1.82, 2.24) is 4.31 Å². The van der Waals surface area contributed by atoms with E-state index in [0.717, 1.165) is 25.0 Å². The summed E-state index contributed by atoms with van der Waals surface area (Å²) in [6.45, 7) is 0.687. The number of benzene rings is 1. The first-order valence-corrected chi connectivity index (χ1v) is 7.94. The molecule has 3 nitrogen and oxygen atoms in total. The highest BCUT2D eigenvalue weighted by atomic mass is 35.5. The van der Waals surface area contributed by atoms with Gasteiger partial charge in [0.05, 0.1) is 0 Å². The van der Waals surface area contributed by atoms with Gasteiger partial charge in [-0.15, -0.1) is 11.6 Å². The van der Waals surface area contributed by atoms with Crippen LogP contribution in [0.1, 0.15) is 12.8 Å². The zero-order chi connectivity index (χ0) is 14.0. The Balaban J connectivity index is 2.23. The summed E-state index contributed by atoms with van der Waals surface area (Å²) in [7, 11) is -3.89. The van der Waals surface area contributed by atoms with Crippen molar-refractivity contribution in [3.05, 3.63) is 29.8 Å². The lowest BCUT2D eigenvalue weighted by molar-refractivity contribution is 0.447. The standard InChI is InChI=1S/C12H14ClF2NO2S/c13-5-3-9-4-6-16(8-9)19(17,18)12-2-1-10(14)7-11(12)15/h1-2,7,9H,3-6,8H2. The Morgan fingerprint density at radius 1 is 1.37 bits per heavy atom. The van der Waals surface area contributed by atoms with Gasteiger partial charge in [0.1, 0.15) is 16.5 Å². The molecule has 0 spiro atoms. The first-order valence-electron chi connectivity index (χ1n) is 5.96. The third-order valence-electron chi connectivity index (χ3n) is 3.28. The fourth-order valence-electron chi connectivity index (χ4n) is 2.23. The topological polar surface area (TPSA) is 37.4 Å². The van der Waals surface area contributed by atoms with Crippen LogP contribution >= 0.6 is 11.6 Å². The molecule has 0 aromatic heterocycles.